The number of nitrogens with zero attached hydrogens (tertiary/aromatic N) is 7. The Kier molecular flexibility index (Phi) is 10.3. The van der Waals surface area contributed by atoms with Crippen molar-refractivity contribution in [2.75, 3.05) is 46.4 Å². The number of fused-ring (bicyclic) bond motifs is 1. The highest BCUT2D eigenvalue weighted by molar-refractivity contribution is 6.39. The summed E-state index contributed by atoms with van der Waals surface area (Å²) >= 11 is 14.2. The number of ether oxygens (including phenoxy) is 2. The molecule has 6 heterocycles. The molecule has 1 amide bonds. The number of nitriles is 1. The molecule has 4 aromatic heterocycles. The molecule has 0 aliphatic carbocycles. The molecule has 0 atom stereocenters. The summed E-state index contributed by atoms with van der Waals surface area (Å²) in [5.74, 6) is 1.43. The molecule has 0 unspecified atom stereocenters. The van der Waals surface area contributed by atoms with Gasteiger partial charge in [-0.3, -0.25) is 19.7 Å². The maximum Gasteiger partial charge on any atom is 0.219 e. The van der Waals surface area contributed by atoms with Crippen molar-refractivity contribution < 1.29 is 14.3 Å². The minimum Gasteiger partial charge on any atom is -0.493 e. The standard InChI is InChI=1S/C39H40Cl2N8O3/c1-25(50)48-14-9-27(10-15-48)43-13-16-52-29-7-11-44-33(18-29)32-6-4-5-30(35(32)40)31-8-12-45-37(36(31)41)26-17-34(51-3)38-46-28(21-49(38)19-26)20-47-23-39(2,22-42)24-47/h4-8,11-12,17-19,21,27,43H,9-10,13-16,20,23-24H2,1-3H3. The zero-order valence-electron chi connectivity index (χ0n) is 29.4. The van der Waals surface area contributed by atoms with Crippen LogP contribution in [0.5, 0.6) is 11.5 Å². The van der Waals surface area contributed by atoms with Gasteiger partial charge in [0.25, 0.3) is 0 Å². The summed E-state index contributed by atoms with van der Waals surface area (Å²) in [5, 5.41) is 13.9. The van der Waals surface area contributed by atoms with Crippen molar-refractivity contribution in [3.05, 3.63) is 83.0 Å². The smallest absolute Gasteiger partial charge is 0.219 e. The second-order valence-corrected chi connectivity index (χ2v) is 14.5. The second kappa shape index (κ2) is 15.1. The SMILES string of the molecule is COc1cc(-c2nccc(-c3cccc(-c4cc(OCCNC5CCN(C(C)=O)CC5)ccn4)c3Cl)c2Cl)cn2cc(CN3CC(C)(C#N)C3)nc12. The largest absolute Gasteiger partial charge is 0.493 e. The number of rotatable bonds is 11. The van der Waals surface area contributed by atoms with E-state index >= 15 is 0 Å². The van der Waals surface area contributed by atoms with Gasteiger partial charge in [0.05, 0.1) is 45.7 Å². The molecule has 13 heteroatoms. The first-order chi connectivity index (χ1) is 25.1. The van der Waals surface area contributed by atoms with Crippen LogP contribution in [0.25, 0.3) is 39.3 Å². The van der Waals surface area contributed by atoms with E-state index in [0.717, 1.165) is 53.9 Å². The van der Waals surface area contributed by atoms with Crippen LogP contribution < -0.4 is 14.8 Å². The molecule has 0 radical (unpaired) electrons. The van der Waals surface area contributed by atoms with Gasteiger partial charge in [0.2, 0.25) is 5.91 Å². The van der Waals surface area contributed by atoms with E-state index in [1.54, 1.807) is 26.4 Å². The highest BCUT2D eigenvalue weighted by atomic mass is 35.5. The van der Waals surface area contributed by atoms with Gasteiger partial charge in [0.15, 0.2) is 11.4 Å². The highest BCUT2D eigenvalue weighted by Crippen LogP contribution is 2.42. The van der Waals surface area contributed by atoms with E-state index in [4.69, 9.17) is 37.7 Å². The molecule has 0 spiro atoms. The first kappa shape index (κ1) is 35.7. The lowest BCUT2D eigenvalue weighted by Crippen LogP contribution is -2.53. The van der Waals surface area contributed by atoms with E-state index < -0.39 is 0 Å². The Morgan fingerprint density at radius 1 is 1.04 bits per heavy atom. The van der Waals surface area contributed by atoms with Crippen molar-refractivity contribution in [1.82, 2.24) is 34.5 Å². The number of nitrogens with one attached hydrogen (secondary N) is 1. The zero-order chi connectivity index (χ0) is 36.4. The van der Waals surface area contributed by atoms with E-state index in [2.05, 4.69) is 26.3 Å². The van der Waals surface area contributed by atoms with Crippen LogP contribution in [0, 0.1) is 16.7 Å². The van der Waals surface area contributed by atoms with E-state index in [0.29, 0.717) is 77.4 Å². The molecule has 1 aromatic carbocycles. The van der Waals surface area contributed by atoms with Gasteiger partial charge >= 0.3 is 0 Å². The number of benzene rings is 1. The average Bonchev–Trinajstić information content (AvgIpc) is 3.55. The van der Waals surface area contributed by atoms with Crippen molar-refractivity contribution in [2.24, 2.45) is 5.41 Å². The lowest BCUT2D eigenvalue weighted by atomic mass is 9.84. The minimum atomic E-state index is -0.301. The van der Waals surface area contributed by atoms with Gasteiger partial charge in [-0.05, 0) is 38.0 Å². The van der Waals surface area contributed by atoms with Crippen molar-refractivity contribution in [3.8, 4) is 51.2 Å². The Hall–Kier alpha value is -4.73. The molecule has 2 aliphatic rings. The molecule has 268 valence electrons. The normalized spacial score (nSPS) is 16.0. The summed E-state index contributed by atoms with van der Waals surface area (Å²) in [6, 6.07) is 16.0. The summed E-state index contributed by atoms with van der Waals surface area (Å²) in [6.07, 6.45) is 9.24. The van der Waals surface area contributed by atoms with Gasteiger partial charge in [-0.2, -0.15) is 5.26 Å². The predicted molar refractivity (Wildman–Crippen MR) is 201 cm³/mol. The van der Waals surface area contributed by atoms with E-state index in [-0.39, 0.29) is 11.3 Å². The van der Waals surface area contributed by atoms with Crippen molar-refractivity contribution in [1.29, 1.82) is 5.26 Å². The van der Waals surface area contributed by atoms with Crippen molar-refractivity contribution in [3.63, 3.8) is 0 Å². The number of amides is 1. The van der Waals surface area contributed by atoms with Crippen LogP contribution in [0.1, 0.15) is 32.4 Å². The molecular formula is C39H40Cl2N8O3. The van der Waals surface area contributed by atoms with Crippen LogP contribution in [0.4, 0.5) is 0 Å². The topological polar surface area (TPSA) is 121 Å². The Morgan fingerprint density at radius 2 is 1.79 bits per heavy atom. The molecule has 2 aliphatic heterocycles. The monoisotopic (exact) mass is 738 g/mol. The Balaban J connectivity index is 1.08. The van der Waals surface area contributed by atoms with Crippen LogP contribution in [0.2, 0.25) is 10.0 Å². The minimum absolute atomic E-state index is 0.138. The zero-order valence-corrected chi connectivity index (χ0v) is 30.9. The maximum atomic E-state index is 11.6. The molecule has 52 heavy (non-hydrogen) atoms. The van der Waals surface area contributed by atoms with Crippen molar-refractivity contribution in [2.45, 2.75) is 39.3 Å². The number of carbonyl (C=O) groups is 1. The summed E-state index contributed by atoms with van der Waals surface area (Å²) in [4.78, 5) is 29.8. The summed E-state index contributed by atoms with van der Waals surface area (Å²) in [5.41, 5.74) is 5.52. The Labute approximate surface area is 313 Å². The number of piperidine rings is 1. The fourth-order valence-electron chi connectivity index (χ4n) is 7.10. The molecule has 0 saturated carbocycles. The van der Waals surface area contributed by atoms with E-state index in [1.807, 2.05) is 71.1 Å². The van der Waals surface area contributed by atoms with E-state index in [9.17, 15) is 10.1 Å². The third-order valence-corrected chi connectivity index (χ3v) is 10.6. The maximum absolute atomic E-state index is 11.6. The lowest BCUT2D eigenvalue weighted by molar-refractivity contribution is -0.129. The number of hydrogen-bond donors (Lipinski definition) is 1. The van der Waals surface area contributed by atoms with Crippen LogP contribution in [0.15, 0.2) is 67.3 Å². The molecule has 11 nitrogen and oxygen atoms in total. The first-order valence-corrected chi connectivity index (χ1v) is 18.1. The quantitative estimate of drug-likeness (QED) is 0.147. The summed E-state index contributed by atoms with van der Waals surface area (Å²) in [6.45, 7) is 8.45. The number of imidazole rings is 1. The number of hydrogen-bond acceptors (Lipinski definition) is 9. The lowest BCUT2D eigenvalue weighted by Gasteiger charge is -2.42. The third-order valence-electron chi connectivity index (χ3n) is 9.79. The molecule has 0 bridgehead atoms. The fourth-order valence-corrected chi connectivity index (χ4v) is 7.74. The number of likely N-dealkylation sites (tertiary alicyclic amines) is 2. The van der Waals surface area contributed by atoms with Crippen molar-refractivity contribution >= 4 is 34.8 Å². The summed E-state index contributed by atoms with van der Waals surface area (Å²) < 4.78 is 13.8. The Morgan fingerprint density at radius 3 is 2.54 bits per heavy atom. The average molecular weight is 740 g/mol. The van der Waals surface area contributed by atoms with E-state index in [1.165, 1.54) is 0 Å². The number of aromatic nitrogens is 4. The highest BCUT2D eigenvalue weighted by Gasteiger charge is 2.39. The van der Waals surface area contributed by atoms with Gasteiger partial charge in [-0.1, -0.05) is 41.4 Å². The predicted octanol–water partition coefficient (Wildman–Crippen LogP) is 6.77. The molecule has 7 rings (SSSR count). The van der Waals surface area contributed by atoms with Crippen LogP contribution in [-0.4, -0.2) is 87.5 Å². The van der Waals surface area contributed by atoms with Gasteiger partial charge in [0.1, 0.15) is 12.4 Å². The van der Waals surface area contributed by atoms with Gasteiger partial charge in [-0.15, -0.1) is 0 Å². The van der Waals surface area contributed by atoms with Gasteiger partial charge in [-0.25, -0.2) is 4.98 Å². The molecule has 2 saturated heterocycles. The van der Waals surface area contributed by atoms with Crippen LogP contribution >= 0.6 is 23.2 Å². The summed E-state index contributed by atoms with van der Waals surface area (Å²) in [7, 11) is 1.62. The number of halogens is 2. The number of methoxy groups -OCH3 is 1. The number of pyridine rings is 3. The molecule has 1 N–H and O–H groups in total. The first-order valence-electron chi connectivity index (χ1n) is 17.4. The Bertz CT molecular complexity index is 2150. The molecular weight excluding hydrogens is 699 g/mol. The molecule has 5 aromatic rings. The van der Waals surface area contributed by atoms with Crippen LogP contribution in [0.3, 0.4) is 0 Å². The fraction of sp³-hybridized carbons (Fsp3) is 0.359. The van der Waals surface area contributed by atoms with Gasteiger partial charge < -0.3 is 24.1 Å². The van der Waals surface area contributed by atoms with Crippen LogP contribution in [-0.2, 0) is 11.3 Å². The third kappa shape index (κ3) is 7.43. The number of carbonyl (C=O) groups excluding carboxylic acids is 1. The second-order valence-electron chi connectivity index (χ2n) is 13.7. The van der Waals surface area contributed by atoms with Gasteiger partial charge in [0, 0.05) is 105 Å². The molecule has 2 fully saturated rings.